The summed E-state index contributed by atoms with van der Waals surface area (Å²) in [5.74, 6) is 0.674. The monoisotopic (exact) mass is 373 g/mol. The quantitative estimate of drug-likeness (QED) is 0.782. The summed E-state index contributed by atoms with van der Waals surface area (Å²) in [5.41, 5.74) is 1.82. The van der Waals surface area contributed by atoms with Crippen molar-refractivity contribution in [3.05, 3.63) is 65.5 Å². The molecule has 1 aliphatic rings. The van der Waals surface area contributed by atoms with Crippen LogP contribution in [0, 0.1) is 18.7 Å². The van der Waals surface area contributed by atoms with Crippen molar-refractivity contribution in [2.75, 3.05) is 26.2 Å². The molecule has 27 heavy (non-hydrogen) atoms. The number of halogens is 1. The van der Waals surface area contributed by atoms with Crippen molar-refractivity contribution in [3.8, 4) is 5.75 Å². The van der Waals surface area contributed by atoms with E-state index in [-0.39, 0.29) is 18.3 Å². The van der Waals surface area contributed by atoms with Crippen LogP contribution in [0.3, 0.4) is 0 Å². The summed E-state index contributed by atoms with van der Waals surface area (Å²) >= 11 is 0. The first-order chi connectivity index (χ1) is 13.0. The Labute approximate surface area is 160 Å². The number of benzene rings is 2. The number of β-amino-alcohol motifs (C(OH)–C–C–N with tert-alkyl or cyclic N) is 1. The Morgan fingerprint density at radius 1 is 1.07 bits per heavy atom. The molecular formula is C22H28FNO3. The lowest BCUT2D eigenvalue weighted by atomic mass is 9.87. The third kappa shape index (κ3) is 5.51. The highest BCUT2D eigenvalue weighted by atomic mass is 19.1. The van der Waals surface area contributed by atoms with Gasteiger partial charge in [0.05, 0.1) is 6.10 Å². The first-order valence-electron chi connectivity index (χ1n) is 9.55. The zero-order chi connectivity index (χ0) is 19.2. The Morgan fingerprint density at radius 3 is 2.41 bits per heavy atom. The lowest BCUT2D eigenvalue weighted by Crippen LogP contribution is -2.41. The van der Waals surface area contributed by atoms with Crippen molar-refractivity contribution in [2.45, 2.75) is 32.0 Å². The summed E-state index contributed by atoms with van der Waals surface area (Å²) in [6.07, 6.45) is 0.582. The van der Waals surface area contributed by atoms with Gasteiger partial charge in [-0.3, -0.25) is 0 Å². The highest BCUT2D eigenvalue weighted by Crippen LogP contribution is 2.30. The molecule has 4 nitrogen and oxygen atoms in total. The Hall–Kier alpha value is -1.95. The van der Waals surface area contributed by atoms with E-state index in [4.69, 9.17) is 4.74 Å². The van der Waals surface area contributed by atoms with Crippen molar-refractivity contribution in [1.82, 2.24) is 4.90 Å². The predicted molar refractivity (Wildman–Crippen MR) is 103 cm³/mol. The molecule has 1 saturated heterocycles. The standard InChI is InChI=1S/C22H28FNO3/c1-16-4-2-3-5-21(16)27-15-20(25)14-24-12-10-18(11-13-24)22(26)17-6-8-19(23)9-7-17/h2-9,18,20,22,25-26H,10-15H2,1H3. The molecule has 2 aromatic rings. The molecule has 3 rings (SSSR count). The summed E-state index contributed by atoms with van der Waals surface area (Å²) in [7, 11) is 0. The van der Waals surface area contributed by atoms with E-state index in [0.29, 0.717) is 6.54 Å². The first kappa shape index (κ1) is 19.8. The highest BCUT2D eigenvalue weighted by Gasteiger charge is 2.27. The zero-order valence-corrected chi connectivity index (χ0v) is 15.7. The van der Waals surface area contributed by atoms with Gasteiger partial charge in [-0.1, -0.05) is 30.3 Å². The van der Waals surface area contributed by atoms with E-state index in [9.17, 15) is 14.6 Å². The third-order valence-electron chi connectivity index (χ3n) is 5.28. The molecule has 2 N–H and O–H groups in total. The fourth-order valence-corrected chi connectivity index (χ4v) is 3.64. The molecule has 1 fully saturated rings. The van der Waals surface area contributed by atoms with E-state index < -0.39 is 12.2 Å². The summed E-state index contributed by atoms with van der Waals surface area (Å²) in [6.45, 7) is 4.46. The molecule has 0 radical (unpaired) electrons. The second-order valence-corrected chi connectivity index (χ2v) is 7.36. The maximum absolute atomic E-state index is 13.0. The highest BCUT2D eigenvalue weighted by molar-refractivity contribution is 5.31. The fraction of sp³-hybridized carbons (Fsp3) is 0.455. The van der Waals surface area contributed by atoms with Gasteiger partial charge >= 0.3 is 0 Å². The lowest BCUT2D eigenvalue weighted by Gasteiger charge is -2.35. The second-order valence-electron chi connectivity index (χ2n) is 7.36. The number of rotatable bonds is 7. The number of likely N-dealkylation sites (tertiary alicyclic amines) is 1. The average Bonchev–Trinajstić information content (AvgIpc) is 2.68. The maximum atomic E-state index is 13.0. The summed E-state index contributed by atoms with van der Waals surface area (Å²) < 4.78 is 18.8. The van der Waals surface area contributed by atoms with E-state index in [1.165, 1.54) is 12.1 Å². The molecule has 2 aromatic carbocycles. The van der Waals surface area contributed by atoms with Crippen LogP contribution in [-0.2, 0) is 0 Å². The molecule has 5 heteroatoms. The van der Waals surface area contributed by atoms with E-state index in [1.54, 1.807) is 12.1 Å². The Morgan fingerprint density at radius 2 is 1.74 bits per heavy atom. The zero-order valence-electron chi connectivity index (χ0n) is 15.7. The van der Waals surface area contributed by atoms with Gasteiger partial charge in [-0.05, 0) is 68.1 Å². The Bertz CT molecular complexity index is 714. The number of aliphatic hydroxyl groups is 2. The van der Waals surface area contributed by atoms with Crippen LogP contribution >= 0.6 is 0 Å². The minimum absolute atomic E-state index is 0.159. The van der Waals surface area contributed by atoms with Gasteiger partial charge in [-0.2, -0.15) is 0 Å². The van der Waals surface area contributed by atoms with Gasteiger partial charge in [0.15, 0.2) is 0 Å². The van der Waals surface area contributed by atoms with Crippen LogP contribution in [0.4, 0.5) is 4.39 Å². The largest absolute Gasteiger partial charge is 0.491 e. The molecule has 146 valence electrons. The Balaban J connectivity index is 1.42. The van der Waals surface area contributed by atoms with Gasteiger partial charge in [0.2, 0.25) is 0 Å². The van der Waals surface area contributed by atoms with Crippen LogP contribution in [0.1, 0.15) is 30.1 Å². The average molecular weight is 373 g/mol. The number of hydrogen-bond donors (Lipinski definition) is 2. The molecular weight excluding hydrogens is 345 g/mol. The topological polar surface area (TPSA) is 52.9 Å². The lowest BCUT2D eigenvalue weighted by molar-refractivity contribution is 0.0277. The van der Waals surface area contributed by atoms with Crippen molar-refractivity contribution in [2.24, 2.45) is 5.92 Å². The number of para-hydroxylation sites is 1. The van der Waals surface area contributed by atoms with Gasteiger partial charge < -0.3 is 19.8 Å². The van der Waals surface area contributed by atoms with E-state index in [0.717, 1.165) is 42.8 Å². The molecule has 0 saturated carbocycles. The van der Waals surface area contributed by atoms with Crippen LogP contribution in [-0.4, -0.2) is 47.5 Å². The minimum atomic E-state index is -0.568. The van der Waals surface area contributed by atoms with Crippen molar-refractivity contribution in [3.63, 3.8) is 0 Å². The number of nitrogens with zero attached hydrogens (tertiary/aromatic N) is 1. The number of hydrogen-bond acceptors (Lipinski definition) is 4. The Kier molecular flexibility index (Phi) is 6.83. The van der Waals surface area contributed by atoms with Gasteiger partial charge in [0, 0.05) is 6.54 Å². The summed E-state index contributed by atoms with van der Waals surface area (Å²) in [4.78, 5) is 2.21. The third-order valence-corrected chi connectivity index (χ3v) is 5.28. The fourth-order valence-electron chi connectivity index (χ4n) is 3.64. The van der Waals surface area contributed by atoms with Crippen molar-refractivity contribution >= 4 is 0 Å². The normalized spacial score (nSPS) is 18.2. The molecule has 2 atom stereocenters. The molecule has 2 unspecified atom stereocenters. The van der Waals surface area contributed by atoms with Crippen LogP contribution in [0.25, 0.3) is 0 Å². The first-order valence-corrected chi connectivity index (χ1v) is 9.55. The second kappa shape index (κ2) is 9.31. The molecule has 0 amide bonds. The van der Waals surface area contributed by atoms with E-state index in [2.05, 4.69) is 4.90 Å². The molecule has 1 heterocycles. The van der Waals surface area contributed by atoms with Gasteiger partial charge in [0.1, 0.15) is 24.3 Å². The smallest absolute Gasteiger partial charge is 0.123 e. The number of piperidine rings is 1. The molecule has 1 aliphatic heterocycles. The van der Waals surface area contributed by atoms with Crippen LogP contribution in [0.2, 0.25) is 0 Å². The number of ether oxygens (including phenoxy) is 1. The van der Waals surface area contributed by atoms with Crippen LogP contribution in [0.15, 0.2) is 48.5 Å². The SMILES string of the molecule is Cc1ccccc1OCC(O)CN1CCC(C(O)c2ccc(F)cc2)CC1. The van der Waals surface area contributed by atoms with Crippen molar-refractivity contribution < 1.29 is 19.3 Å². The minimum Gasteiger partial charge on any atom is -0.491 e. The molecule has 0 spiro atoms. The molecule has 0 aromatic heterocycles. The molecule has 0 bridgehead atoms. The van der Waals surface area contributed by atoms with Gasteiger partial charge in [0.25, 0.3) is 0 Å². The van der Waals surface area contributed by atoms with Gasteiger partial charge in [-0.25, -0.2) is 4.39 Å². The van der Waals surface area contributed by atoms with E-state index >= 15 is 0 Å². The number of aliphatic hydroxyl groups excluding tert-OH is 2. The van der Waals surface area contributed by atoms with E-state index in [1.807, 2.05) is 31.2 Å². The summed E-state index contributed by atoms with van der Waals surface area (Å²) in [6, 6.07) is 13.9. The number of aryl methyl sites for hydroxylation is 1. The van der Waals surface area contributed by atoms with Crippen molar-refractivity contribution in [1.29, 1.82) is 0 Å². The summed E-state index contributed by atoms with van der Waals surface area (Å²) in [5, 5.41) is 20.8. The molecule has 0 aliphatic carbocycles. The van der Waals surface area contributed by atoms with Gasteiger partial charge in [-0.15, -0.1) is 0 Å². The van der Waals surface area contributed by atoms with Crippen LogP contribution in [0.5, 0.6) is 5.75 Å². The predicted octanol–water partition coefficient (Wildman–Crippen LogP) is 3.32. The van der Waals surface area contributed by atoms with Crippen LogP contribution < -0.4 is 4.74 Å². The maximum Gasteiger partial charge on any atom is 0.123 e.